The van der Waals surface area contributed by atoms with Crippen molar-refractivity contribution in [3.63, 3.8) is 0 Å². The summed E-state index contributed by atoms with van der Waals surface area (Å²) in [6.07, 6.45) is 0.527. The Morgan fingerprint density at radius 1 is 1.12 bits per heavy atom. The first-order valence-electron chi connectivity index (χ1n) is 4.91. The predicted octanol–water partition coefficient (Wildman–Crippen LogP) is 3.96. The van der Waals surface area contributed by atoms with Crippen LogP contribution in [0, 0.1) is 0 Å². The average Bonchev–Trinajstić information content (AvgIpc) is 2.16. The molecule has 1 aromatic carbocycles. The summed E-state index contributed by atoms with van der Waals surface area (Å²) in [5.41, 5.74) is 0. The third kappa shape index (κ3) is 2.53. The molecule has 0 atom stereocenters. The van der Waals surface area contributed by atoms with Gasteiger partial charge in [0, 0.05) is 10.0 Å². The Bertz CT molecular complexity index is 472. The summed E-state index contributed by atoms with van der Waals surface area (Å²) in [4.78, 5) is 0.178. The standard InChI is InChI=1S/C11H14Cl2O2S/c1-4-11(2,3)16(14,15)10-6-8(12)5-9(13)7-10/h5-7H,4H2,1-3H3. The summed E-state index contributed by atoms with van der Waals surface area (Å²) in [5, 5.41) is 0.663. The normalized spacial score (nSPS) is 12.8. The Kier molecular flexibility index (Phi) is 3.93. The molecule has 0 unspecified atom stereocenters. The highest BCUT2D eigenvalue weighted by molar-refractivity contribution is 7.92. The molecule has 0 radical (unpaired) electrons. The molecule has 0 N–H and O–H groups in total. The van der Waals surface area contributed by atoms with Gasteiger partial charge in [-0.15, -0.1) is 0 Å². The first-order chi connectivity index (χ1) is 7.20. The van der Waals surface area contributed by atoms with E-state index in [0.29, 0.717) is 16.5 Å². The van der Waals surface area contributed by atoms with E-state index < -0.39 is 14.6 Å². The topological polar surface area (TPSA) is 34.1 Å². The molecule has 0 bridgehead atoms. The zero-order chi connectivity index (χ0) is 12.6. The minimum absolute atomic E-state index is 0.178. The maximum atomic E-state index is 12.3. The molecule has 0 spiro atoms. The summed E-state index contributed by atoms with van der Waals surface area (Å²) in [6, 6.07) is 4.38. The number of halogens is 2. The van der Waals surface area contributed by atoms with Crippen LogP contribution < -0.4 is 0 Å². The molecule has 0 heterocycles. The number of benzene rings is 1. The average molecular weight is 281 g/mol. The lowest BCUT2D eigenvalue weighted by Crippen LogP contribution is -2.31. The van der Waals surface area contributed by atoms with Crippen molar-refractivity contribution >= 4 is 33.0 Å². The monoisotopic (exact) mass is 280 g/mol. The Morgan fingerprint density at radius 3 is 1.94 bits per heavy atom. The van der Waals surface area contributed by atoms with Crippen molar-refractivity contribution in [2.24, 2.45) is 0 Å². The van der Waals surface area contributed by atoms with E-state index in [1.165, 1.54) is 18.2 Å². The van der Waals surface area contributed by atoms with Crippen molar-refractivity contribution in [2.45, 2.75) is 36.8 Å². The van der Waals surface area contributed by atoms with E-state index in [2.05, 4.69) is 0 Å². The van der Waals surface area contributed by atoms with Crippen LogP contribution in [0.25, 0.3) is 0 Å². The quantitative estimate of drug-likeness (QED) is 0.840. The van der Waals surface area contributed by atoms with Gasteiger partial charge < -0.3 is 0 Å². The van der Waals surface area contributed by atoms with Crippen molar-refractivity contribution in [3.8, 4) is 0 Å². The van der Waals surface area contributed by atoms with Crippen LogP contribution in [0.4, 0.5) is 0 Å². The molecule has 1 rings (SSSR count). The molecule has 90 valence electrons. The van der Waals surface area contributed by atoms with Crippen LogP contribution in [0.3, 0.4) is 0 Å². The molecule has 0 amide bonds. The van der Waals surface area contributed by atoms with E-state index in [0.717, 1.165) is 0 Å². The van der Waals surface area contributed by atoms with Gasteiger partial charge >= 0.3 is 0 Å². The van der Waals surface area contributed by atoms with Gasteiger partial charge in [-0.2, -0.15) is 0 Å². The van der Waals surface area contributed by atoms with Crippen molar-refractivity contribution in [3.05, 3.63) is 28.2 Å². The zero-order valence-electron chi connectivity index (χ0n) is 9.42. The second-order valence-corrected chi connectivity index (χ2v) is 7.68. The lowest BCUT2D eigenvalue weighted by Gasteiger charge is -2.23. The molecule has 0 aliphatic rings. The Hall–Kier alpha value is -0.250. The summed E-state index contributed by atoms with van der Waals surface area (Å²) in [6.45, 7) is 5.22. The minimum atomic E-state index is -3.40. The van der Waals surface area contributed by atoms with Gasteiger partial charge in [0.15, 0.2) is 9.84 Å². The first kappa shape index (κ1) is 13.8. The molecular formula is C11H14Cl2O2S. The van der Waals surface area contributed by atoms with E-state index in [9.17, 15) is 8.42 Å². The number of rotatable bonds is 3. The van der Waals surface area contributed by atoms with Gasteiger partial charge in [0.25, 0.3) is 0 Å². The lowest BCUT2D eigenvalue weighted by molar-refractivity contribution is 0.538. The molecular weight excluding hydrogens is 267 g/mol. The summed E-state index contributed by atoms with van der Waals surface area (Å²) in [7, 11) is -3.40. The van der Waals surface area contributed by atoms with Crippen LogP contribution in [0.15, 0.2) is 23.1 Å². The summed E-state index contributed by atoms with van der Waals surface area (Å²) < 4.78 is 23.7. The predicted molar refractivity (Wildman–Crippen MR) is 68.0 cm³/mol. The highest BCUT2D eigenvalue weighted by Crippen LogP contribution is 2.31. The van der Waals surface area contributed by atoms with Crippen molar-refractivity contribution in [1.82, 2.24) is 0 Å². The van der Waals surface area contributed by atoms with Gasteiger partial charge in [-0.1, -0.05) is 30.1 Å². The van der Waals surface area contributed by atoms with E-state index in [4.69, 9.17) is 23.2 Å². The number of hydrogen-bond donors (Lipinski definition) is 0. The third-order valence-corrected chi connectivity index (χ3v) is 5.76. The van der Waals surface area contributed by atoms with Crippen molar-refractivity contribution < 1.29 is 8.42 Å². The summed E-state index contributed by atoms with van der Waals surface area (Å²) in [5.74, 6) is 0. The maximum Gasteiger partial charge on any atom is 0.183 e. The largest absolute Gasteiger partial charge is 0.223 e. The van der Waals surface area contributed by atoms with Gasteiger partial charge in [0.1, 0.15) is 0 Å². The first-order valence-corrected chi connectivity index (χ1v) is 7.15. The zero-order valence-corrected chi connectivity index (χ0v) is 11.7. The van der Waals surface area contributed by atoms with Gasteiger partial charge in [-0.05, 0) is 38.5 Å². The van der Waals surface area contributed by atoms with Gasteiger partial charge in [0.05, 0.1) is 9.64 Å². The van der Waals surface area contributed by atoms with Crippen LogP contribution in [0.1, 0.15) is 27.2 Å². The van der Waals surface area contributed by atoms with Crippen LogP contribution in [-0.4, -0.2) is 13.2 Å². The van der Waals surface area contributed by atoms with Crippen molar-refractivity contribution in [2.75, 3.05) is 0 Å². The van der Waals surface area contributed by atoms with Gasteiger partial charge in [-0.3, -0.25) is 0 Å². The molecule has 0 aliphatic carbocycles. The van der Waals surface area contributed by atoms with Crippen LogP contribution in [0.2, 0.25) is 10.0 Å². The van der Waals surface area contributed by atoms with Gasteiger partial charge in [-0.25, -0.2) is 8.42 Å². The number of sulfone groups is 1. The van der Waals surface area contributed by atoms with Crippen LogP contribution >= 0.6 is 23.2 Å². The second-order valence-electron chi connectivity index (χ2n) is 4.22. The molecule has 0 fully saturated rings. The maximum absolute atomic E-state index is 12.3. The highest BCUT2D eigenvalue weighted by Gasteiger charge is 2.34. The van der Waals surface area contributed by atoms with Crippen LogP contribution in [-0.2, 0) is 9.84 Å². The molecule has 16 heavy (non-hydrogen) atoms. The Labute approximate surface area is 106 Å². The Balaban J connectivity index is 3.39. The SMILES string of the molecule is CCC(C)(C)S(=O)(=O)c1cc(Cl)cc(Cl)c1. The smallest absolute Gasteiger partial charge is 0.183 e. The Morgan fingerprint density at radius 2 is 1.56 bits per heavy atom. The molecule has 0 saturated heterocycles. The molecule has 0 saturated carbocycles. The van der Waals surface area contributed by atoms with E-state index in [-0.39, 0.29) is 4.90 Å². The lowest BCUT2D eigenvalue weighted by atomic mass is 10.1. The fourth-order valence-corrected chi connectivity index (χ4v) is 3.43. The molecule has 5 heteroatoms. The fraction of sp³-hybridized carbons (Fsp3) is 0.455. The van der Waals surface area contributed by atoms with E-state index in [1.54, 1.807) is 13.8 Å². The van der Waals surface area contributed by atoms with E-state index in [1.807, 2.05) is 6.92 Å². The molecule has 0 aromatic heterocycles. The second kappa shape index (κ2) is 4.55. The molecule has 2 nitrogen and oxygen atoms in total. The highest BCUT2D eigenvalue weighted by atomic mass is 35.5. The number of hydrogen-bond acceptors (Lipinski definition) is 2. The van der Waals surface area contributed by atoms with Gasteiger partial charge in [0.2, 0.25) is 0 Å². The minimum Gasteiger partial charge on any atom is -0.223 e. The molecule has 1 aromatic rings. The van der Waals surface area contributed by atoms with E-state index >= 15 is 0 Å². The fourth-order valence-electron chi connectivity index (χ4n) is 1.19. The van der Waals surface area contributed by atoms with Crippen LogP contribution in [0.5, 0.6) is 0 Å². The third-order valence-electron chi connectivity index (χ3n) is 2.73. The summed E-state index contributed by atoms with van der Waals surface area (Å²) >= 11 is 11.6. The molecule has 0 aliphatic heterocycles. The van der Waals surface area contributed by atoms with Crippen molar-refractivity contribution in [1.29, 1.82) is 0 Å².